The highest BCUT2D eigenvalue weighted by atomic mass is 16.6. The molecule has 0 heterocycles. The molecule has 0 radical (unpaired) electrons. The SMILES string of the molecule is Cc1cc(C)c(CC(CN)NC(=O)OC(C)(C)C)cc1C. The highest BCUT2D eigenvalue weighted by Crippen LogP contribution is 2.17. The number of hydrogen-bond donors (Lipinski definition) is 2. The van der Waals surface area contributed by atoms with Crippen molar-refractivity contribution in [3.8, 4) is 0 Å². The van der Waals surface area contributed by atoms with Gasteiger partial charge < -0.3 is 15.8 Å². The largest absolute Gasteiger partial charge is 0.444 e. The number of aryl methyl sites for hydroxylation is 3. The van der Waals surface area contributed by atoms with Crippen LogP contribution in [0.5, 0.6) is 0 Å². The summed E-state index contributed by atoms with van der Waals surface area (Å²) in [6, 6.07) is 4.22. The zero-order valence-electron chi connectivity index (χ0n) is 14.0. The number of nitrogens with two attached hydrogens (primary N) is 1. The van der Waals surface area contributed by atoms with Crippen molar-refractivity contribution in [2.75, 3.05) is 6.54 Å². The van der Waals surface area contributed by atoms with Gasteiger partial charge in [0.2, 0.25) is 0 Å². The molecule has 0 spiro atoms. The van der Waals surface area contributed by atoms with Crippen LogP contribution in [-0.2, 0) is 11.2 Å². The molecule has 1 rings (SSSR count). The molecule has 1 unspecified atom stereocenters. The first-order valence-electron chi connectivity index (χ1n) is 7.38. The summed E-state index contributed by atoms with van der Waals surface area (Å²) in [6.07, 6.45) is 0.294. The van der Waals surface area contributed by atoms with Gasteiger partial charge in [-0.15, -0.1) is 0 Å². The molecule has 0 aliphatic rings. The van der Waals surface area contributed by atoms with E-state index < -0.39 is 11.7 Å². The zero-order valence-corrected chi connectivity index (χ0v) is 14.0. The molecule has 0 fully saturated rings. The van der Waals surface area contributed by atoms with Gasteiger partial charge in [0, 0.05) is 12.6 Å². The fourth-order valence-corrected chi connectivity index (χ4v) is 2.17. The number of nitrogens with one attached hydrogen (secondary N) is 1. The normalized spacial score (nSPS) is 12.9. The third kappa shape index (κ3) is 5.76. The first kappa shape index (κ1) is 17.5. The molecule has 0 saturated carbocycles. The Morgan fingerprint density at radius 2 is 1.76 bits per heavy atom. The van der Waals surface area contributed by atoms with Crippen LogP contribution in [0.1, 0.15) is 43.0 Å². The molecule has 0 aliphatic heterocycles. The van der Waals surface area contributed by atoms with E-state index in [2.05, 4.69) is 38.2 Å². The third-order valence-electron chi connectivity index (χ3n) is 3.42. The highest BCUT2D eigenvalue weighted by molar-refractivity contribution is 5.68. The molecule has 4 heteroatoms. The molecule has 0 bridgehead atoms. The Hall–Kier alpha value is -1.55. The van der Waals surface area contributed by atoms with Gasteiger partial charge in [0.05, 0.1) is 0 Å². The van der Waals surface area contributed by atoms with Gasteiger partial charge in [-0.3, -0.25) is 0 Å². The molecule has 1 aromatic carbocycles. The fourth-order valence-electron chi connectivity index (χ4n) is 2.17. The number of ether oxygens (including phenoxy) is 1. The summed E-state index contributed by atoms with van der Waals surface area (Å²) in [5.41, 5.74) is 10.2. The number of hydrogen-bond acceptors (Lipinski definition) is 3. The standard InChI is InChI=1S/C17H28N2O2/c1-11-7-13(3)14(8-12(11)2)9-15(10-18)19-16(20)21-17(4,5)6/h7-8,15H,9-10,18H2,1-6H3,(H,19,20). The lowest BCUT2D eigenvalue weighted by molar-refractivity contribution is 0.0506. The van der Waals surface area contributed by atoms with Crippen LogP contribution in [0.15, 0.2) is 12.1 Å². The van der Waals surface area contributed by atoms with Gasteiger partial charge in [-0.25, -0.2) is 4.79 Å². The summed E-state index contributed by atoms with van der Waals surface area (Å²) in [7, 11) is 0. The Morgan fingerprint density at radius 1 is 1.19 bits per heavy atom. The van der Waals surface area contributed by atoms with Crippen molar-refractivity contribution >= 4 is 6.09 Å². The Morgan fingerprint density at radius 3 is 2.29 bits per heavy atom. The molecule has 1 aromatic rings. The number of amides is 1. The minimum absolute atomic E-state index is 0.124. The van der Waals surface area contributed by atoms with Crippen molar-refractivity contribution < 1.29 is 9.53 Å². The lowest BCUT2D eigenvalue weighted by Crippen LogP contribution is -2.44. The van der Waals surface area contributed by atoms with Crippen LogP contribution in [0.2, 0.25) is 0 Å². The minimum atomic E-state index is -0.500. The summed E-state index contributed by atoms with van der Waals surface area (Å²) in [5, 5.41) is 2.85. The zero-order chi connectivity index (χ0) is 16.2. The monoisotopic (exact) mass is 292 g/mol. The average molecular weight is 292 g/mol. The Balaban J connectivity index is 2.75. The summed E-state index contributed by atoms with van der Waals surface area (Å²) in [4.78, 5) is 11.8. The smallest absolute Gasteiger partial charge is 0.407 e. The summed E-state index contributed by atoms with van der Waals surface area (Å²) in [6.45, 7) is 12.2. The Kier molecular flexibility index (Phi) is 5.78. The average Bonchev–Trinajstić information content (AvgIpc) is 2.32. The van der Waals surface area contributed by atoms with Crippen molar-refractivity contribution in [1.29, 1.82) is 0 Å². The van der Waals surface area contributed by atoms with E-state index in [-0.39, 0.29) is 6.04 Å². The van der Waals surface area contributed by atoms with Crippen LogP contribution in [-0.4, -0.2) is 24.3 Å². The van der Waals surface area contributed by atoms with Crippen molar-refractivity contribution in [2.24, 2.45) is 5.73 Å². The quantitative estimate of drug-likeness (QED) is 0.896. The first-order valence-corrected chi connectivity index (χ1v) is 7.38. The van der Waals surface area contributed by atoms with E-state index in [1.54, 1.807) is 0 Å². The number of carbonyl (C=O) groups excluding carboxylic acids is 1. The molecule has 0 aromatic heterocycles. The van der Waals surface area contributed by atoms with Crippen LogP contribution in [0.3, 0.4) is 0 Å². The van der Waals surface area contributed by atoms with E-state index >= 15 is 0 Å². The number of alkyl carbamates (subject to hydrolysis) is 1. The van der Waals surface area contributed by atoms with Crippen LogP contribution in [0.25, 0.3) is 0 Å². The van der Waals surface area contributed by atoms with Crippen LogP contribution >= 0.6 is 0 Å². The van der Waals surface area contributed by atoms with Crippen LogP contribution < -0.4 is 11.1 Å². The minimum Gasteiger partial charge on any atom is -0.444 e. The van der Waals surface area contributed by atoms with Crippen molar-refractivity contribution in [2.45, 2.75) is 59.6 Å². The second-order valence-corrected chi connectivity index (χ2v) is 6.65. The fraction of sp³-hybridized carbons (Fsp3) is 0.588. The van der Waals surface area contributed by atoms with Crippen LogP contribution in [0, 0.1) is 20.8 Å². The van der Waals surface area contributed by atoms with Crippen LogP contribution in [0.4, 0.5) is 4.79 Å². The first-order chi connectivity index (χ1) is 9.62. The van der Waals surface area contributed by atoms with Crippen molar-refractivity contribution in [3.05, 3.63) is 34.4 Å². The maximum atomic E-state index is 11.8. The van der Waals surface area contributed by atoms with E-state index in [1.165, 1.54) is 22.3 Å². The van der Waals surface area contributed by atoms with E-state index in [9.17, 15) is 4.79 Å². The molecule has 1 amide bonds. The topological polar surface area (TPSA) is 64.3 Å². The van der Waals surface area contributed by atoms with E-state index in [1.807, 2.05) is 20.8 Å². The molecule has 4 nitrogen and oxygen atoms in total. The van der Waals surface area contributed by atoms with Gasteiger partial charge in [-0.05, 0) is 70.2 Å². The molecular formula is C17H28N2O2. The maximum Gasteiger partial charge on any atom is 0.407 e. The predicted molar refractivity (Wildman–Crippen MR) is 86.6 cm³/mol. The molecule has 0 aliphatic carbocycles. The highest BCUT2D eigenvalue weighted by Gasteiger charge is 2.19. The third-order valence-corrected chi connectivity index (χ3v) is 3.42. The summed E-state index contributed by atoms with van der Waals surface area (Å²) in [5.74, 6) is 0. The molecule has 21 heavy (non-hydrogen) atoms. The van der Waals surface area contributed by atoms with Gasteiger partial charge in [0.25, 0.3) is 0 Å². The second-order valence-electron chi connectivity index (χ2n) is 6.65. The van der Waals surface area contributed by atoms with Crippen molar-refractivity contribution in [3.63, 3.8) is 0 Å². The van der Waals surface area contributed by atoms with Gasteiger partial charge in [0.1, 0.15) is 5.60 Å². The second kappa shape index (κ2) is 6.94. The van der Waals surface area contributed by atoms with Gasteiger partial charge in [-0.2, -0.15) is 0 Å². The molecule has 118 valence electrons. The lowest BCUT2D eigenvalue weighted by atomic mass is 9.96. The molecule has 1 atom stereocenters. The Labute approximate surface area is 128 Å². The van der Waals surface area contributed by atoms with E-state index in [4.69, 9.17) is 10.5 Å². The summed E-state index contributed by atoms with van der Waals surface area (Å²) >= 11 is 0. The maximum absolute atomic E-state index is 11.8. The van der Waals surface area contributed by atoms with E-state index in [0.29, 0.717) is 13.0 Å². The number of carbonyl (C=O) groups is 1. The Bertz CT molecular complexity index is 504. The molecule has 3 N–H and O–H groups in total. The van der Waals surface area contributed by atoms with Gasteiger partial charge in [-0.1, -0.05) is 12.1 Å². The molecular weight excluding hydrogens is 264 g/mol. The van der Waals surface area contributed by atoms with Crippen molar-refractivity contribution in [1.82, 2.24) is 5.32 Å². The number of rotatable bonds is 4. The summed E-state index contributed by atoms with van der Waals surface area (Å²) < 4.78 is 5.28. The molecule has 0 saturated heterocycles. The van der Waals surface area contributed by atoms with Gasteiger partial charge >= 0.3 is 6.09 Å². The van der Waals surface area contributed by atoms with E-state index in [0.717, 1.165) is 0 Å². The predicted octanol–water partition coefficient (Wildman–Crippen LogP) is 3.01. The lowest BCUT2D eigenvalue weighted by Gasteiger charge is -2.23. The van der Waals surface area contributed by atoms with Gasteiger partial charge in [0.15, 0.2) is 0 Å². The number of benzene rings is 1.